The van der Waals surface area contributed by atoms with Gasteiger partial charge in [-0.15, -0.1) is 0 Å². The molecular formula is C8H8O4. The van der Waals surface area contributed by atoms with Crippen LogP contribution >= 0.6 is 0 Å². The first-order valence-corrected chi connectivity index (χ1v) is 3.59. The van der Waals surface area contributed by atoms with Crippen LogP contribution in [0.3, 0.4) is 0 Å². The molecule has 64 valence electrons. The van der Waals surface area contributed by atoms with Crippen molar-refractivity contribution >= 4 is 5.97 Å². The van der Waals surface area contributed by atoms with Crippen molar-refractivity contribution in [1.82, 2.24) is 0 Å². The Hall–Kier alpha value is -1.29. The summed E-state index contributed by atoms with van der Waals surface area (Å²) in [5, 5.41) is 8.72. The van der Waals surface area contributed by atoms with E-state index in [9.17, 15) is 4.79 Å². The molecule has 2 heterocycles. The summed E-state index contributed by atoms with van der Waals surface area (Å²) in [5.41, 5.74) is -1.09. The van der Waals surface area contributed by atoms with Gasteiger partial charge in [-0.25, -0.2) is 4.79 Å². The van der Waals surface area contributed by atoms with Gasteiger partial charge in [-0.1, -0.05) is 0 Å². The van der Waals surface area contributed by atoms with Gasteiger partial charge in [0.1, 0.15) is 5.76 Å². The summed E-state index contributed by atoms with van der Waals surface area (Å²) >= 11 is 0. The van der Waals surface area contributed by atoms with Crippen molar-refractivity contribution in [3.05, 3.63) is 24.2 Å². The number of hydrogen-bond acceptors (Lipinski definition) is 3. The Bertz CT molecular complexity index is 303. The molecule has 1 N–H and O–H groups in total. The van der Waals surface area contributed by atoms with Crippen LogP contribution in [0.4, 0.5) is 0 Å². The summed E-state index contributed by atoms with van der Waals surface area (Å²) in [6, 6.07) is 3.41. The van der Waals surface area contributed by atoms with Gasteiger partial charge < -0.3 is 14.3 Å². The van der Waals surface area contributed by atoms with Crippen molar-refractivity contribution in [3.63, 3.8) is 0 Å². The van der Waals surface area contributed by atoms with Crippen molar-refractivity contribution < 1.29 is 19.1 Å². The van der Waals surface area contributed by atoms with E-state index < -0.39 is 17.7 Å². The van der Waals surface area contributed by atoms with E-state index in [0.717, 1.165) is 0 Å². The van der Waals surface area contributed by atoms with Crippen LogP contribution in [-0.4, -0.2) is 16.7 Å². The van der Waals surface area contributed by atoms with Crippen molar-refractivity contribution in [2.75, 3.05) is 0 Å². The molecule has 2 atom stereocenters. The molecule has 0 radical (unpaired) electrons. The molecule has 4 heteroatoms. The van der Waals surface area contributed by atoms with Crippen molar-refractivity contribution in [2.24, 2.45) is 0 Å². The number of furan rings is 1. The SMILES string of the molecule is CC1(C(=O)O)OC1c1ccco1. The maximum Gasteiger partial charge on any atom is 0.338 e. The van der Waals surface area contributed by atoms with E-state index in [1.807, 2.05) is 0 Å². The number of hydrogen-bond donors (Lipinski definition) is 1. The molecule has 1 saturated heterocycles. The van der Waals surface area contributed by atoms with E-state index in [2.05, 4.69) is 0 Å². The number of rotatable bonds is 2. The number of aliphatic carboxylic acids is 1. The van der Waals surface area contributed by atoms with E-state index in [1.54, 1.807) is 12.1 Å². The Morgan fingerprint density at radius 1 is 1.75 bits per heavy atom. The minimum atomic E-state index is -1.09. The quantitative estimate of drug-likeness (QED) is 0.674. The molecule has 0 bridgehead atoms. The summed E-state index contributed by atoms with van der Waals surface area (Å²) < 4.78 is 10.0. The second kappa shape index (κ2) is 2.10. The number of carbonyl (C=O) groups is 1. The van der Waals surface area contributed by atoms with Gasteiger partial charge in [0.05, 0.1) is 6.26 Å². The lowest BCUT2D eigenvalue weighted by atomic mass is 10.1. The Balaban J connectivity index is 2.19. The molecule has 2 rings (SSSR count). The summed E-state index contributed by atoms with van der Waals surface area (Å²) in [7, 11) is 0. The van der Waals surface area contributed by atoms with Crippen molar-refractivity contribution in [3.8, 4) is 0 Å². The van der Waals surface area contributed by atoms with E-state index in [-0.39, 0.29) is 0 Å². The first-order chi connectivity index (χ1) is 5.64. The van der Waals surface area contributed by atoms with Crippen LogP contribution in [-0.2, 0) is 9.53 Å². The first kappa shape index (κ1) is 7.36. The van der Waals surface area contributed by atoms with Crippen molar-refractivity contribution in [1.29, 1.82) is 0 Å². The Morgan fingerprint density at radius 3 is 2.92 bits per heavy atom. The van der Waals surface area contributed by atoms with Crippen LogP contribution in [0.5, 0.6) is 0 Å². The lowest BCUT2D eigenvalue weighted by Crippen LogP contribution is -2.19. The minimum absolute atomic E-state index is 0.426. The van der Waals surface area contributed by atoms with Gasteiger partial charge in [0.2, 0.25) is 0 Å². The van der Waals surface area contributed by atoms with E-state index in [4.69, 9.17) is 14.3 Å². The van der Waals surface area contributed by atoms with Gasteiger partial charge >= 0.3 is 5.97 Å². The normalized spacial score (nSPS) is 33.2. The summed E-state index contributed by atoms with van der Waals surface area (Å²) in [6.07, 6.45) is 1.07. The molecule has 1 fully saturated rings. The zero-order valence-corrected chi connectivity index (χ0v) is 6.48. The van der Waals surface area contributed by atoms with Gasteiger partial charge in [0, 0.05) is 0 Å². The minimum Gasteiger partial charge on any atom is -0.479 e. The number of carboxylic acid groups (broad SMARTS) is 1. The molecule has 1 aromatic heterocycles. The lowest BCUT2D eigenvalue weighted by molar-refractivity contribution is -0.142. The third kappa shape index (κ3) is 0.848. The highest BCUT2D eigenvalue weighted by molar-refractivity contribution is 5.81. The lowest BCUT2D eigenvalue weighted by Gasteiger charge is -1.94. The highest BCUT2D eigenvalue weighted by Crippen LogP contribution is 2.49. The van der Waals surface area contributed by atoms with Crippen LogP contribution in [0.15, 0.2) is 22.8 Å². The van der Waals surface area contributed by atoms with Gasteiger partial charge in [0.15, 0.2) is 11.7 Å². The molecule has 1 aromatic rings. The molecule has 1 aliphatic heterocycles. The Morgan fingerprint density at radius 2 is 2.50 bits per heavy atom. The Kier molecular flexibility index (Phi) is 1.29. The third-order valence-electron chi connectivity index (χ3n) is 2.03. The molecule has 12 heavy (non-hydrogen) atoms. The van der Waals surface area contributed by atoms with Gasteiger partial charge in [-0.2, -0.15) is 0 Å². The van der Waals surface area contributed by atoms with E-state index >= 15 is 0 Å². The maximum absolute atomic E-state index is 10.6. The second-order valence-corrected chi connectivity index (χ2v) is 2.93. The topological polar surface area (TPSA) is 63.0 Å². The Labute approximate surface area is 68.7 Å². The van der Waals surface area contributed by atoms with Crippen LogP contribution in [0.2, 0.25) is 0 Å². The van der Waals surface area contributed by atoms with E-state index in [1.165, 1.54) is 13.2 Å². The zero-order valence-electron chi connectivity index (χ0n) is 6.48. The smallest absolute Gasteiger partial charge is 0.338 e. The van der Waals surface area contributed by atoms with Gasteiger partial charge in [-0.3, -0.25) is 0 Å². The number of carboxylic acids is 1. The van der Waals surface area contributed by atoms with Crippen LogP contribution in [0, 0.1) is 0 Å². The fraction of sp³-hybridized carbons (Fsp3) is 0.375. The predicted molar refractivity (Wildman–Crippen MR) is 38.6 cm³/mol. The van der Waals surface area contributed by atoms with Crippen LogP contribution < -0.4 is 0 Å². The number of ether oxygens (including phenoxy) is 1. The summed E-state index contributed by atoms with van der Waals surface area (Å²) in [4.78, 5) is 10.6. The summed E-state index contributed by atoms with van der Waals surface area (Å²) in [6.45, 7) is 1.53. The van der Waals surface area contributed by atoms with Crippen LogP contribution in [0.25, 0.3) is 0 Å². The fourth-order valence-electron chi connectivity index (χ4n) is 1.14. The monoisotopic (exact) mass is 168 g/mol. The van der Waals surface area contributed by atoms with E-state index in [0.29, 0.717) is 5.76 Å². The highest BCUT2D eigenvalue weighted by atomic mass is 16.6. The molecular weight excluding hydrogens is 160 g/mol. The largest absolute Gasteiger partial charge is 0.479 e. The average Bonchev–Trinajstić information content (AvgIpc) is 2.49. The van der Waals surface area contributed by atoms with Gasteiger partial charge in [-0.05, 0) is 19.1 Å². The van der Waals surface area contributed by atoms with Crippen molar-refractivity contribution in [2.45, 2.75) is 18.6 Å². The number of epoxide rings is 1. The van der Waals surface area contributed by atoms with Gasteiger partial charge in [0.25, 0.3) is 0 Å². The second-order valence-electron chi connectivity index (χ2n) is 2.93. The predicted octanol–water partition coefficient (Wildman–Crippen LogP) is 1.19. The maximum atomic E-state index is 10.6. The molecule has 0 aliphatic carbocycles. The van der Waals surface area contributed by atoms with Crippen LogP contribution in [0.1, 0.15) is 18.8 Å². The molecule has 4 nitrogen and oxygen atoms in total. The summed E-state index contributed by atoms with van der Waals surface area (Å²) in [5.74, 6) is -0.385. The fourth-order valence-corrected chi connectivity index (χ4v) is 1.14. The highest BCUT2D eigenvalue weighted by Gasteiger charge is 2.61. The molecule has 2 unspecified atom stereocenters. The molecule has 0 spiro atoms. The zero-order chi connectivity index (χ0) is 8.77. The molecule has 0 aromatic carbocycles. The third-order valence-corrected chi connectivity index (χ3v) is 2.03. The molecule has 1 aliphatic rings. The standard InChI is InChI=1S/C8H8O4/c1-8(7(9)10)6(12-8)5-3-2-4-11-5/h2-4,6H,1H3,(H,9,10). The molecule has 0 amide bonds. The first-order valence-electron chi connectivity index (χ1n) is 3.59. The average molecular weight is 168 g/mol. The molecule has 0 saturated carbocycles.